The lowest BCUT2D eigenvalue weighted by Crippen LogP contribution is -1.94. The van der Waals surface area contributed by atoms with Gasteiger partial charge in [0.2, 0.25) is 5.88 Å². The summed E-state index contributed by atoms with van der Waals surface area (Å²) in [6, 6.07) is 1.84. The maximum atomic E-state index is 5.17. The molecule has 0 saturated carbocycles. The molecule has 0 radical (unpaired) electrons. The summed E-state index contributed by atoms with van der Waals surface area (Å²) in [5.41, 5.74) is 1.01. The van der Waals surface area contributed by atoms with Crippen LogP contribution in [0.1, 0.15) is 11.7 Å². The average molecular weight is 181 g/mol. The van der Waals surface area contributed by atoms with E-state index < -0.39 is 0 Å². The molecule has 1 aromatic heterocycles. The lowest BCUT2D eigenvalue weighted by Gasteiger charge is -2.06. The molecule has 0 amide bonds. The van der Waals surface area contributed by atoms with Crippen LogP contribution in [0.2, 0.25) is 0 Å². The fourth-order valence-electron chi connectivity index (χ4n) is 1.20. The number of aromatic nitrogens is 1. The van der Waals surface area contributed by atoms with Crippen molar-refractivity contribution in [3.8, 4) is 11.6 Å². The molecule has 70 valence electrons. The van der Waals surface area contributed by atoms with E-state index in [1.807, 2.05) is 6.07 Å². The van der Waals surface area contributed by atoms with Gasteiger partial charge >= 0.3 is 0 Å². The summed E-state index contributed by atoms with van der Waals surface area (Å²) in [6.45, 7) is 0.753. The van der Waals surface area contributed by atoms with Gasteiger partial charge in [0.05, 0.1) is 27.0 Å². The first kappa shape index (κ1) is 8.31. The minimum absolute atomic E-state index is 0.159. The maximum Gasteiger partial charge on any atom is 0.213 e. The minimum atomic E-state index is 0.159. The average Bonchev–Trinajstić information content (AvgIpc) is 3.00. The van der Waals surface area contributed by atoms with Crippen LogP contribution in [0.15, 0.2) is 12.3 Å². The first-order valence-corrected chi connectivity index (χ1v) is 4.04. The van der Waals surface area contributed by atoms with Gasteiger partial charge in [-0.1, -0.05) is 0 Å². The zero-order chi connectivity index (χ0) is 9.26. The Morgan fingerprint density at radius 3 is 2.77 bits per heavy atom. The van der Waals surface area contributed by atoms with E-state index in [-0.39, 0.29) is 6.10 Å². The van der Waals surface area contributed by atoms with Gasteiger partial charge in [-0.15, -0.1) is 0 Å². The fourth-order valence-corrected chi connectivity index (χ4v) is 1.20. The van der Waals surface area contributed by atoms with Gasteiger partial charge in [0, 0.05) is 11.6 Å². The van der Waals surface area contributed by atoms with E-state index in [0.717, 1.165) is 17.9 Å². The summed E-state index contributed by atoms with van der Waals surface area (Å²) in [4.78, 5) is 4.04. The standard InChI is InChI=1S/C9H11NO3/c1-11-7-4-10-9(12-2)3-6(7)8-5-13-8/h3-4,8H,5H2,1-2H3/t8-/m0/s1. The number of methoxy groups -OCH3 is 2. The Kier molecular flexibility index (Phi) is 2.06. The predicted octanol–water partition coefficient (Wildman–Crippen LogP) is 1.17. The monoisotopic (exact) mass is 181 g/mol. The number of ether oxygens (including phenoxy) is 3. The van der Waals surface area contributed by atoms with Crippen molar-refractivity contribution in [3.63, 3.8) is 0 Å². The molecule has 2 rings (SSSR count). The Morgan fingerprint density at radius 1 is 1.46 bits per heavy atom. The highest BCUT2D eigenvalue weighted by Gasteiger charge is 2.28. The zero-order valence-corrected chi connectivity index (χ0v) is 7.61. The normalized spacial score (nSPS) is 19.7. The Morgan fingerprint density at radius 2 is 2.23 bits per heavy atom. The summed E-state index contributed by atoms with van der Waals surface area (Å²) in [6.07, 6.45) is 1.81. The van der Waals surface area contributed by atoms with Gasteiger partial charge in [0.25, 0.3) is 0 Å². The van der Waals surface area contributed by atoms with Crippen LogP contribution >= 0.6 is 0 Å². The lowest BCUT2D eigenvalue weighted by molar-refractivity contribution is 0.369. The molecule has 1 aromatic rings. The van der Waals surface area contributed by atoms with Crippen LogP contribution in [-0.4, -0.2) is 25.8 Å². The second-order valence-electron chi connectivity index (χ2n) is 2.79. The van der Waals surface area contributed by atoms with Crippen LogP contribution in [0.4, 0.5) is 0 Å². The number of epoxide rings is 1. The molecule has 1 fully saturated rings. The van der Waals surface area contributed by atoms with Crippen molar-refractivity contribution in [1.29, 1.82) is 0 Å². The van der Waals surface area contributed by atoms with Gasteiger partial charge in [-0.05, 0) is 0 Å². The zero-order valence-electron chi connectivity index (χ0n) is 7.61. The van der Waals surface area contributed by atoms with Gasteiger partial charge in [0.15, 0.2) is 0 Å². The molecule has 0 N–H and O–H groups in total. The number of rotatable bonds is 3. The molecule has 1 aliphatic heterocycles. The molecule has 0 unspecified atom stereocenters. The van der Waals surface area contributed by atoms with E-state index in [9.17, 15) is 0 Å². The molecule has 4 nitrogen and oxygen atoms in total. The second kappa shape index (κ2) is 3.22. The number of pyridine rings is 1. The van der Waals surface area contributed by atoms with Crippen molar-refractivity contribution in [2.24, 2.45) is 0 Å². The van der Waals surface area contributed by atoms with Gasteiger partial charge in [0.1, 0.15) is 11.9 Å². The van der Waals surface area contributed by atoms with Crippen molar-refractivity contribution < 1.29 is 14.2 Å². The molecule has 13 heavy (non-hydrogen) atoms. The maximum absolute atomic E-state index is 5.17. The Balaban J connectivity index is 2.35. The van der Waals surface area contributed by atoms with Crippen molar-refractivity contribution >= 4 is 0 Å². The van der Waals surface area contributed by atoms with Crippen LogP contribution in [0.5, 0.6) is 11.6 Å². The summed E-state index contributed by atoms with van der Waals surface area (Å²) in [5, 5.41) is 0. The fraction of sp³-hybridized carbons (Fsp3) is 0.444. The van der Waals surface area contributed by atoms with E-state index in [1.165, 1.54) is 0 Å². The topological polar surface area (TPSA) is 43.9 Å². The van der Waals surface area contributed by atoms with Crippen LogP contribution in [0, 0.1) is 0 Å². The Hall–Kier alpha value is -1.29. The Bertz CT molecular complexity index is 310. The van der Waals surface area contributed by atoms with E-state index >= 15 is 0 Å². The molecule has 0 aliphatic carbocycles. The largest absolute Gasteiger partial charge is 0.495 e. The molecule has 4 heteroatoms. The third-order valence-corrected chi connectivity index (χ3v) is 1.98. The van der Waals surface area contributed by atoms with Crippen molar-refractivity contribution in [3.05, 3.63) is 17.8 Å². The molecule has 0 bridgehead atoms. The Labute approximate surface area is 76.4 Å². The first-order valence-electron chi connectivity index (χ1n) is 4.04. The SMILES string of the molecule is COc1cc([C@@H]2CO2)c(OC)cn1. The summed E-state index contributed by atoms with van der Waals surface area (Å²) in [7, 11) is 3.21. The molecular formula is C9H11NO3. The molecular weight excluding hydrogens is 170 g/mol. The summed E-state index contributed by atoms with van der Waals surface area (Å²) in [5.74, 6) is 1.34. The summed E-state index contributed by atoms with van der Waals surface area (Å²) < 4.78 is 15.3. The smallest absolute Gasteiger partial charge is 0.213 e. The quantitative estimate of drug-likeness (QED) is 0.656. The van der Waals surface area contributed by atoms with Gasteiger partial charge in [-0.3, -0.25) is 0 Å². The lowest BCUT2D eigenvalue weighted by atomic mass is 10.2. The van der Waals surface area contributed by atoms with Crippen LogP contribution in [-0.2, 0) is 4.74 Å². The first-order chi connectivity index (χ1) is 6.35. The third-order valence-electron chi connectivity index (χ3n) is 1.98. The number of nitrogens with zero attached hydrogens (tertiary/aromatic N) is 1. The molecule has 1 aliphatic rings. The van der Waals surface area contributed by atoms with Crippen LogP contribution in [0.3, 0.4) is 0 Å². The van der Waals surface area contributed by atoms with Crippen molar-refractivity contribution in [2.75, 3.05) is 20.8 Å². The number of hydrogen-bond acceptors (Lipinski definition) is 4. The van der Waals surface area contributed by atoms with Crippen molar-refractivity contribution in [1.82, 2.24) is 4.98 Å². The third kappa shape index (κ3) is 1.58. The molecule has 0 aromatic carbocycles. The second-order valence-corrected chi connectivity index (χ2v) is 2.79. The van der Waals surface area contributed by atoms with Crippen LogP contribution < -0.4 is 9.47 Å². The van der Waals surface area contributed by atoms with E-state index in [0.29, 0.717) is 5.88 Å². The van der Waals surface area contributed by atoms with Gasteiger partial charge in [-0.2, -0.15) is 0 Å². The van der Waals surface area contributed by atoms with Gasteiger partial charge in [-0.25, -0.2) is 4.98 Å². The number of hydrogen-bond donors (Lipinski definition) is 0. The highest BCUT2D eigenvalue weighted by Crippen LogP contribution is 2.37. The molecule has 1 saturated heterocycles. The van der Waals surface area contributed by atoms with E-state index in [2.05, 4.69) is 4.98 Å². The van der Waals surface area contributed by atoms with E-state index in [4.69, 9.17) is 14.2 Å². The highest BCUT2D eigenvalue weighted by atomic mass is 16.6. The van der Waals surface area contributed by atoms with E-state index in [1.54, 1.807) is 20.4 Å². The highest BCUT2D eigenvalue weighted by molar-refractivity contribution is 5.38. The van der Waals surface area contributed by atoms with Crippen LogP contribution in [0.25, 0.3) is 0 Å². The predicted molar refractivity (Wildman–Crippen MR) is 46.0 cm³/mol. The molecule has 1 atom stereocenters. The van der Waals surface area contributed by atoms with Gasteiger partial charge < -0.3 is 14.2 Å². The molecule has 0 spiro atoms. The summed E-state index contributed by atoms with van der Waals surface area (Å²) >= 11 is 0. The minimum Gasteiger partial charge on any atom is -0.495 e. The van der Waals surface area contributed by atoms with Crippen molar-refractivity contribution in [2.45, 2.75) is 6.10 Å². The molecule has 2 heterocycles.